The van der Waals surface area contributed by atoms with Gasteiger partial charge in [0.05, 0.1) is 0 Å². The number of nitrogens with one attached hydrogen (secondary N) is 1. The molecule has 4 aliphatic carbocycles. The average Bonchev–Trinajstić information content (AvgIpc) is 2.64. The van der Waals surface area contributed by atoms with Crippen LogP contribution in [0.4, 0.5) is 0 Å². The highest BCUT2D eigenvalue weighted by molar-refractivity contribution is 6.35. The molecule has 0 spiro atoms. The number of ether oxygens (including phenoxy) is 1. The van der Waals surface area contributed by atoms with Crippen molar-refractivity contribution in [3.05, 3.63) is 63.6 Å². The van der Waals surface area contributed by atoms with Gasteiger partial charge in [0, 0.05) is 27.7 Å². The highest BCUT2D eigenvalue weighted by Gasteiger charge is 2.59. The van der Waals surface area contributed by atoms with Crippen LogP contribution in [0.5, 0.6) is 5.75 Å². The Hall–Kier alpha value is -1.22. The van der Waals surface area contributed by atoms with Crippen molar-refractivity contribution in [2.75, 3.05) is 0 Å². The van der Waals surface area contributed by atoms with Gasteiger partial charge in [-0.15, -0.1) is 0 Å². The molecule has 2 unspecified atom stereocenters. The zero-order valence-corrected chi connectivity index (χ0v) is 19.5. The number of hydrogen-bond donors (Lipinski definition) is 1. The van der Waals surface area contributed by atoms with Gasteiger partial charge in [-0.3, -0.25) is 0 Å². The lowest BCUT2D eigenvalue weighted by Crippen LogP contribution is -2.63. The number of hydrogen-bond acceptors (Lipinski definition) is 2. The fourth-order valence-electron chi connectivity index (χ4n) is 7.51. The van der Waals surface area contributed by atoms with E-state index in [0.717, 1.165) is 23.8 Å². The third-order valence-corrected chi connectivity index (χ3v) is 8.35. The van der Waals surface area contributed by atoms with Gasteiger partial charge in [0.25, 0.3) is 0 Å². The van der Waals surface area contributed by atoms with Crippen LogP contribution in [0.25, 0.3) is 0 Å². The Balaban J connectivity index is 1.26. The van der Waals surface area contributed by atoms with E-state index in [4.69, 9.17) is 27.9 Å². The summed E-state index contributed by atoms with van der Waals surface area (Å²) in [5.41, 5.74) is 3.47. The lowest BCUT2D eigenvalue weighted by Gasteiger charge is -2.65. The number of benzene rings is 2. The standard InChI is InChI=1S/C26H31Cl2NO/c1-24-10-19-11-25(2,15-24)17-26(12-19,16-24)29-13-18-5-3-6-20(9-18)30-14-21-22(27)7-4-8-23(21)28/h3-9,19,29H,10-17H2,1-2H3. The Labute approximate surface area is 190 Å². The largest absolute Gasteiger partial charge is 0.489 e. The molecule has 0 aliphatic heterocycles. The first-order valence-corrected chi connectivity index (χ1v) is 11.9. The molecular formula is C26H31Cl2NO. The summed E-state index contributed by atoms with van der Waals surface area (Å²) in [6, 6.07) is 13.9. The highest BCUT2D eigenvalue weighted by atomic mass is 35.5. The second-order valence-corrected chi connectivity index (χ2v) is 11.7. The quantitative estimate of drug-likeness (QED) is 0.501. The van der Waals surface area contributed by atoms with Gasteiger partial charge in [0.1, 0.15) is 12.4 Å². The van der Waals surface area contributed by atoms with E-state index in [-0.39, 0.29) is 0 Å². The maximum atomic E-state index is 6.27. The Morgan fingerprint density at radius 3 is 2.27 bits per heavy atom. The summed E-state index contributed by atoms with van der Waals surface area (Å²) in [5.74, 6) is 1.76. The van der Waals surface area contributed by atoms with Crippen LogP contribution in [0, 0.1) is 16.7 Å². The van der Waals surface area contributed by atoms with E-state index in [1.807, 2.05) is 24.3 Å². The van der Waals surface area contributed by atoms with Crippen LogP contribution in [0.3, 0.4) is 0 Å². The fourth-order valence-corrected chi connectivity index (χ4v) is 8.01. The molecule has 30 heavy (non-hydrogen) atoms. The van der Waals surface area contributed by atoms with Gasteiger partial charge in [-0.2, -0.15) is 0 Å². The summed E-state index contributed by atoms with van der Waals surface area (Å²) in [6.45, 7) is 6.32. The molecular weight excluding hydrogens is 413 g/mol. The minimum absolute atomic E-state index is 0.310. The van der Waals surface area contributed by atoms with Crippen molar-refractivity contribution in [3.8, 4) is 5.75 Å². The normalized spacial score (nSPS) is 34.3. The first-order chi connectivity index (χ1) is 14.3. The molecule has 4 saturated carbocycles. The van der Waals surface area contributed by atoms with Crippen molar-refractivity contribution in [1.29, 1.82) is 0 Å². The smallest absolute Gasteiger partial charge is 0.120 e. The molecule has 2 nitrogen and oxygen atoms in total. The SMILES string of the molecule is CC12CC3CC(C)(C1)CC(NCc1cccc(OCc4c(Cl)cccc4Cl)c1)(C3)C2. The predicted octanol–water partition coefficient (Wildman–Crippen LogP) is 7.41. The molecule has 0 aromatic heterocycles. The topological polar surface area (TPSA) is 21.3 Å². The van der Waals surface area contributed by atoms with Gasteiger partial charge in [-0.1, -0.05) is 55.2 Å². The third kappa shape index (κ3) is 3.99. The van der Waals surface area contributed by atoms with E-state index in [9.17, 15) is 0 Å². The summed E-state index contributed by atoms with van der Waals surface area (Å²) in [7, 11) is 0. The van der Waals surface area contributed by atoms with Gasteiger partial charge in [0.2, 0.25) is 0 Å². The van der Waals surface area contributed by atoms with Gasteiger partial charge in [0.15, 0.2) is 0 Å². The van der Waals surface area contributed by atoms with Crippen LogP contribution in [0.2, 0.25) is 10.0 Å². The van der Waals surface area contributed by atoms with Crippen molar-refractivity contribution in [2.45, 2.75) is 71.1 Å². The molecule has 0 radical (unpaired) electrons. The van der Waals surface area contributed by atoms with E-state index in [0.29, 0.717) is 33.0 Å². The first-order valence-electron chi connectivity index (χ1n) is 11.2. The second kappa shape index (κ2) is 7.43. The molecule has 4 fully saturated rings. The molecule has 1 N–H and O–H groups in total. The van der Waals surface area contributed by atoms with E-state index in [1.54, 1.807) is 0 Å². The van der Waals surface area contributed by atoms with E-state index < -0.39 is 0 Å². The third-order valence-electron chi connectivity index (χ3n) is 7.64. The van der Waals surface area contributed by atoms with Gasteiger partial charge < -0.3 is 10.1 Å². The van der Waals surface area contributed by atoms with E-state index >= 15 is 0 Å². The van der Waals surface area contributed by atoms with Crippen LogP contribution in [0.15, 0.2) is 42.5 Å². The average molecular weight is 444 g/mol. The lowest BCUT2D eigenvalue weighted by molar-refractivity contribution is -0.118. The molecule has 6 rings (SSSR count). The monoisotopic (exact) mass is 443 g/mol. The lowest BCUT2D eigenvalue weighted by atomic mass is 9.43. The van der Waals surface area contributed by atoms with Gasteiger partial charge in [-0.25, -0.2) is 0 Å². The van der Waals surface area contributed by atoms with Crippen molar-refractivity contribution < 1.29 is 4.74 Å². The molecule has 0 saturated heterocycles. The van der Waals surface area contributed by atoms with Crippen molar-refractivity contribution >= 4 is 23.2 Å². The molecule has 0 amide bonds. The number of rotatable bonds is 6. The molecule has 2 atom stereocenters. The molecule has 0 heterocycles. The Morgan fingerprint density at radius 1 is 0.933 bits per heavy atom. The van der Waals surface area contributed by atoms with Crippen LogP contribution in [0.1, 0.15) is 63.5 Å². The maximum absolute atomic E-state index is 6.27. The summed E-state index contributed by atoms with van der Waals surface area (Å²) >= 11 is 12.5. The van der Waals surface area contributed by atoms with E-state index in [2.05, 4.69) is 37.4 Å². The number of halogens is 2. The van der Waals surface area contributed by atoms with E-state index in [1.165, 1.54) is 44.1 Å². The zero-order chi connectivity index (χ0) is 21.0. The van der Waals surface area contributed by atoms with Crippen LogP contribution >= 0.6 is 23.2 Å². The van der Waals surface area contributed by atoms with Crippen LogP contribution < -0.4 is 10.1 Å². The molecule has 4 aliphatic rings. The van der Waals surface area contributed by atoms with Crippen LogP contribution in [-0.4, -0.2) is 5.54 Å². The second-order valence-electron chi connectivity index (χ2n) is 10.9. The molecule has 4 bridgehead atoms. The molecule has 160 valence electrons. The van der Waals surface area contributed by atoms with Crippen molar-refractivity contribution in [2.24, 2.45) is 16.7 Å². The van der Waals surface area contributed by atoms with Gasteiger partial charge >= 0.3 is 0 Å². The Kier molecular flexibility index (Phi) is 5.12. The van der Waals surface area contributed by atoms with Gasteiger partial charge in [-0.05, 0) is 85.1 Å². The minimum Gasteiger partial charge on any atom is -0.489 e. The molecule has 4 heteroatoms. The summed E-state index contributed by atoms with van der Waals surface area (Å²) in [4.78, 5) is 0. The molecule has 2 aromatic carbocycles. The van der Waals surface area contributed by atoms with Crippen molar-refractivity contribution in [3.63, 3.8) is 0 Å². The predicted molar refractivity (Wildman–Crippen MR) is 124 cm³/mol. The van der Waals surface area contributed by atoms with Crippen LogP contribution in [-0.2, 0) is 13.2 Å². The van der Waals surface area contributed by atoms with Crippen molar-refractivity contribution in [1.82, 2.24) is 5.32 Å². The Morgan fingerprint density at radius 2 is 1.60 bits per heavy atom. The fraction of sp³-hybridized carbons (Fsp3) is 0.538. The summed E-state index contributed by atoms with van der Waals surface area (Å²) in [5, 5.41) is 5.30. The summed E-state index contributed by atoms with van der Waals surface area (Å²) < 4.78 is 6.03. The minimum atomic E-state index is 0.310. The first kappa shape index (κ1) is 20.7. The Bertz CT molecular complexity index is 920. The maximum Gasteiger partial charge on any atom is 0.120 e. The zero-order valence-electron chi connectivity index (χ0n) is 17.9. The highest BCUT2D eigenvalue weighted by Crippen LogP contribution is 2.66. The summed E-state index contributed by atoms with van der Waals surface area (Å²) in [6.07, 6.45) is 8.27. The molecule has 2 aromatic rings.